The second-order valence-electron chi connectivity index (χ2n) is 6.81. The molecule has 0 bridgehead atoms. The van der Waals surface area contributed by atoms with E-state index in [1.54, 1.807) is 6.20 Å². The third kappa shape index (κ3) is 3.03. The van der Waals surface area contributed by atoms with Gasteiger partial charge in [-0.05, 0) is 48.7 Å². The van der Waals surface area contributed by atoms with E-state index in [2.05, 4.69) is 16.4 Å². The molecule has 28 heavy (non-hydrogen) atoms. The molecule has 0 aliphatic carbocycles. The van der Waals surface area contributed by atoms with Crippen molar-refractivity contribution in [2.24, 2.45) is 0 Å². The largest absolute Gasteiger partial charge is 0.454 e. The Morgan fingerprint density at radius 3 is 2.82 bits per heavy atom. The molecule has 3 heterocycles. The molecule has 0 spiro atoms. The van der Waals surface area contributed by atoms with Gasteiger partial charge in [-0.25, -0.2) is 4.98 Å². The van der Waals surface area contributed by atoms with Crippen LogP contribution < -0.4 is 19.7 Å². The van der Waals surface area contributed by atoms with Gasteiger partial charge in [0.25, 0.3) is 5.91 Å². The molecule has 1 N–H and O–H groups in total. The third-order valence-corrected chi connectivity index (χ3v) is 5.01. The number of nitrogens with zero attached hydrogens (tertiary/aromatic N) is 2. The number of hydrogen-bond donors (Lipinski definition) is 1. The van der Waals surface area contributed by atoms with E-state index in [9.17, 15) is 4.79 Å². The first-order valence-corrected chi connectivity index (χ1v) is 9.30. The molecule has 0 radical (unpaired) electrons. The highest BCUT2D eigenvalue weighted by atomic mass is 16.7. The zero-order valence-corrected chi connectivity index (χ0v) is 15.2. The van der Waals surface area contributed by atoms with Crippen LogP contribution in [0.5, 0.6) is 11.5 Å². The summed E-state index contributed by atoms with van der Waals surface area (Å²) in [4.78, 5) is 19.3. The fourth-order valence-corrected chi connectivity index (χ4v) is 3.62. The molecule has 1 amide bonds. The minimum atomic E-state index is -0.0192. The van der Waals surface area contributed by atoms with Gasteiger partial charge in [-0.2, -0.15) is 0 Å². The average Bonchev–Trinajstić information content (AvgIpc) is 3.21. The van der Waals surface area contributed by atoms with Gasteiger partial charge in [0.2, 0.25) is 6.79 Å². The summed E-state index contributed by atoms with van der Waals surface area (Å²) in [6, 6.07) is 17.3. The number of aromatic nitrogens is 1. The average molecular weight is 373 g/mol. The molecule has 2 aliphatic rings. The Hall–Kier alpha value is -3.54. The summed E-state index contributed by atoms with van der Waals surface area (Å²) in [5, 5.41) is 3.22. The lowest BCUT2D eigenvalue weighted by Crippen LogP contribution is -2.35. The first kappa shape index (κ1) is 16.6. The Labute approximate surface area is 162 Å². The Balaban J connectivity index is 1.33. The van der Waals surface area contributed by atoms with E-state index in [4.69, 9.17) is 9.47 Å². The molecule has 6 heteroatoms. The standard InChI is InChI=1S/C22H19N3O3/c26-22(25-11-3-5-15-4-1-2-6-18(15)25)16-7-10-21(23-13-16)24-17-8-9-19-20(12-17)28-14-27-19/h1-2,4,6-10,12-13H,3,5,11,14H2,(H,23,24). The zero-order chi connectivity index (χ0) is 18.9. The molecule has 0 unspecified atom stereocenters. The minimum absolute atomic E-state index is 0.0192. The number of amides is 1. The molecule has 2 aromatic carbocycles. The molecule has 2 aliphatic heterocycles. The number of pyridine rings is 1. The van der Waals surface area contributed by atoms with Crippen molar-refractivity contribution >= 4 is 23.1 Å². The fraction of sp³-hybridized carbons (Fsp3) is 0.182. The number of carbonyl (C=O) groups is 1. The van der Waals surface area contributed by atoms with Crippen molar-refractivity contribution in [3.8, 4) is 11.5 Å². The van der Waals surface area contributed by atoms with Gasteiger partial charge in [-0.15, -0.1) is 0 Å². The highest BCUT2D eigenvalue weighted by Crippen LogP contribution is 2.35. The van der Waals surface area contributed by atoms with E-state index >= 15 is 0 Å². The van der Waals surface area contributed by atoms with E-state index in [0.717, 1.165) is 36.5 Å². The minimum Gasteiger partial charge on any atom is -0.454 e. The molecule has 0 atom stereocenters. The lowest BCUT2D eigenvalue weighted by molar-refractivity contribution is 0.0985. The van der Waals surface area contributed by atoms with Crippen molar-refractivity contribution in [3.63, 3.8) is 0 Å². The number of ether oxygens (including phenoxy) is 2. The van der Waals surface area contributed by atoms with Gasteiger partial charge in [0.1, 0.15) is 5.82 Å². The lowest BCUT2D eigenvalue weighted by Gasteiger charge is -2.29. The van der Waals surface area contributed by atoms with Crippen molar-refractivity contribution < 1.29 is 14.3 Å². The molecule has 1 aromatic heterocycles. The number of anilines is 3. The number of carbonyl (C=O) groups excluding carboxylic acids is 1. The van der Waals surface area contributed by atoms with E-state index in [1.807, 2.05) is 53.4 Å². The monoisotopic (exact) mass is 373 g/mol. The Bertz CT molecular complexity index is 1030. The Morgan fingerprint density at radius 1 is 1.04 bits per heavy atom. The van der Waals surface area contributed by atoms with Crippen LogP contribution in [0.1, 0.15) is 22.3 Å². The van der Waals surface area contributed by atoms with Crippen LogP contribution in [0.15, 0.2) is 60.8 Å². The van der Waals surface area contributed by atoms with E-state index in [1.165, 1.54) is 5.56 Å². The fourth-order valence-electron chi connectivity index (χ4n) is 3.62. The number of hydrogen-bond acceptors (Lipinski definition) is 5. The molecule has 0 saturated heterocycles. The maximum Gasteiger partial charge on any atom is 0.259 e. The molecular formula is C22H19N3O3. The van der Waals surface area contributed by atoms with Crippen LogP contribution in [0, 0.1) is 0 Å². The van der Waals surface area contributed by atoms with Gasteiger partial charge in [0.15, 0.2) is 11.5 Å². The smallest absolute Gasteiger partial charge is 0.259 e. The molecule has 6 nitrogen and oxygen atoms in total. The van der Waals surface area contributed by atoms with Crippen LogP contribution >= 0.6 is 0 Å². The first-order chi connectivity index (χ1) is 13.8. The molecule has 140 valence electrons. The van der Waals surface area contributed by atoms with Crippen molar-refractivity contribution in [1.82, 2.24) is 4.98 Å². The highest BCUT2D eigenvalue weighted by Gasteiger charge is 2.23. The van der Waals surface area contributed by atoms with Gasteiger partial charge in [-0.1, -0.05) is 18.2 Å². The SMILES string of the molecule is O=C(c1ccc(Nc2ccc3c(c2)OCO3)nc1)N1CCCc2ccccc21. The number of aryl methyl sites for hydroxylation is 1. The van der Waals surface area contributed by atoms with Crippen molar-refractivity contribution in [2.75, 3.05) is 23.6 Å². The third-order valence-electron chi connectivity index (χ3n) is 5.01. The molecule has 0 saturated carbocycles. The van der Waals surface area contributed by atoms with E-state index in [0.29, 0.717) is 17.1 Å². The molecule has 3 aromatic rings. The van der Waals surface area contributed by atoms with Crippen molar-refractivity contribution in [2.45, 2.75) is 12.8 Å². The van der Waals surface area contributed by atoms with Crippen molar-refractivity contribution in [3.05, 3.63) is 71.9 Å². The molecular weight excluding hydrogens is 354 g/mol. The quantitative estimate of drug-likeness (QED) is 0.747. The maximum atomic E-state index is 13.0. The van der Waals surface area contributed by atoms with Crippen LogP contribution in [0.4, 0.5) is 17.2 Å². The maximum absolute atomic E-state index is 13.0. The first-order valence-electron chi connectivity index (χ1n) is 9.30. The topological polar surface area (TPSA) is 63.7 Å². The van der Waals surface area contributed by atoms with Gasteiger partial charge in [0.05, 0.1) is 5.56 Å². The van der Waals surface area contributed by atoms with Crippen LogP contribution in [0.3, 0.4) is 0 Å². The highest BCUT2D eigenvalue weighted by molar-refractivity contribution is 6.06. The van der Waals surface area contributed by atoms with Gasteiger partial charge in [0, 0.05) is 30.2 Å². The summed E-state index contributed by atoms with van der Waals surface area (Å²) < 4.78 is 10.7. The Kier molecular flexibility index (Phi) is 4.09. The molecule has 5 rings (SSSR count). The predicted molar refractivity (Wildman–Crippen MR) is 107 cm³/mol. The lowest BCUT2D eigenvalue weighted by atomic mass is 10.0. The summed E-state index contributed by atoms with van der Waals surface area (Å²) in [5.74, 6) is 2.09. The number of nitrogens with one attached hydrogen (secondary N) is 1. The zero-order valence-electron chi connectivity index (χ0n) is 15.2. The number of benzene rings is 2. The van der Waals surface area contributed by atoms with Crippen molar-refractivity contribution in [1.29, 1.82) is 0 Å². The second kappa shape index (κ2) is 6.88. The summed E-state index contributed by atoms with van der Waals surface area (Å²) >= 11 is 0. The normalized spacial score (nSPS) is 14.5. The number of para-hydroxylation sites is 1. The number of rotatable bonds is 3. The Morgan fingerprint density at radius 2 is 1.93 bits per heavy atom. The summed E-state index contributed by atoms with van der Waals surface area (Å²) in [7, 11) is 0. The van der Waals surface area contributed by atoms with E-state index < -0.39 is 0 Å². The van der Waals surface area contributed by atoms with Crippen LogP contribution in [0.25, 0.3) is 0 Å². The van der Waals surface area contributed by atoms with E-state index in [-0.39, 0.29) is 12.7 Å². The van der Waals surface area contributed by atoms with Crippen LogP contribution in [-0.2, 0) is 6.42 Å². The van der Waals surface area contributed by atoms with Gasteiger partial charge in [-0.3, -0.25) is 4.79 Å². The van der Waals surface area contributed by atoms with Gasteiger partial charge >= 0.3 is 0 Å². The van der Waals surface area contributed by atoms with Crippen LogP contribution in [-0.4, -0.2) is 24.2 Å². The summed E-state index contributed by atoms with van der Waals surface area (Å²) in [6.45, 7) is 0.973. The second-order valence-corrected chi connectivity index (χ2v) is 6.81. The predicted octanol–water partition coefficient (Wildman–Crippen LogP) is 4.15. The van der Waals surface area contributed by atoms with Crippen LogP contribution in [0.2, 0.25) is 0 Å². The number of fused-ring (bicyclic) bond motifs is 2. The summed E-state index contributed by atoms with van der Waals surface area (Å²) in [5.41, 5.74) is 3.64. The molecule has 0 fully saturated rings. The van der Waals surface area contributed by atoms with Gasteiger partial charge < -0.3 is 19.7 Å². The summed E-state index contributed by atoms with van der Waals surface area (Å²) in [6.07, 6.45) is 3.60.